The summed E-state index contributed by atoms with van der Waals surface area (Å²) < 4.78 is 48.0. The van der Waals surface area contributed by atoms with Crippen LogP contribution in [0, 0.1) is 34.0 Å². The van der Waals surface area contributed by atoms with E-state index in [0.29, 0.717) is 0 Å². The molecular formula is C34H46O15. The van der Waals surface area contributed by atoms with Crippen molar-refractivity contribution in [2.24, 2.45) is 34.0 Å². The smallest absolute Gasteiger partial charge is 0.366 e. The van der Waals surface area contributed by atoms with Crippen molar-refractivity contribution in [3.8, 4) is 0 Å². The lowest BCUT2D eigenvalue weighted by Gasteiger charge is -2.65. The number of rotatable bonds is 4. The fourth-order valence-electron chi connectivity index (χ4n) is 11.9. The first-order valence-electron chi connectivity index (χ1n) is 16.3. The lowest BCUT2D eigenvalue weighted by Crippen LogP contribution is -2.79. The lowest BCUT2D eigenvalue weighted by atomic mass is 9.37. The molecule has 0 radical (unpaired) electrons. The standard InChI is InChI=1S/C33H42O15.CH4/c1-7-14(2)22(35)46-17-11-16(34)29(24(36)41-5)12-44-19-20(29)30(17)13-45-32(39,25(37)42-6)23(30)27(3)21(19)48-28(4)15-10-18(33(27,28)40)47-26-31(15,38)8-9-43-26;/h7-9,15-21,23,26,34,38-40H,10-13H2,1-6H3;1H4/b14-7+;/t15?,16-,17+,18?,19-,20+,21-,23+,26?,27+,28-,29+,30+,31?,32+,33+;/m1./s1. The third-order valence-corrected chi connectivity index (χ3v) is 13.9. The van der Waals surface area contributed by atoms with Gasteiger partial charge in [0.05, 0.1) is 58.1 Å². The third-order valence-electron chi connectivity index (χ3n) is 13.9. The molecule has 49 heavy (non-hydrogen) atoms. The summed E-state index contributed by atoms with van der Waals surface area (Å²) in [5.74, 6) is -8.98. The Morgan fingerprint density at radius 3 is 2.37 bits per heavy atom. The first-order chi connectivity index (χ1) is 22.5. The van der Waals surface area contributed by atoms with Crippen LogP contribution in [-0.4, -0.2) is 125 Å². The van der Waals surface area contributed by atoms with Gasteiger partial charge in [-0.25, -0.2) is 9.59 Å². The molecule has 4 N–H and O–H groups in total. The maximum atomic E-state index is 13.9. The molecule has 3 saturated carbocycles. The van der Waals surface area contributed by atoms with E-state index in [1.165, 1.54) is 19.4 Å². The molecule has 3 aliphatic carbocycles. The average molecular weight is 695 g/mol. The molecule has 272 valence electrons. The zero-order valence-electron chi connectivity index (χ0n) is 27.5. The van der Waals surface area contributed by atoms with Crippen molar-refractivity contribution in [1.29, 1.82) is 0 Å². The molecule has 8 aliphatic rings. The summed E-state index contributed by atoms with van der Waals surface area (Å²) in [5, 5.41) is 49.8. The van der Waals surface area contributed by atoms with Crippen LogP contribution >= 0.6 is 0 Å². The Bertz CT molecular complexity index is 1550. The van der Waals surface area contributed by atoms with Crippen molar-refractivity contribution in [2.45, 2.75) is 107 Å². The van der Waals surface area contributed by atoms with Gasteiger partial charge in [0.2, 0.25) is 6.29 Å². The predicted molar refractivity (Wildman–Crippen MR) is 161 cm³/mol. The Morgan fingerprint density at radius 2 is 1.71 bits per heavy atom. The highest BCUT2D eigenvalue weighted by Crippen LogP contribution is 2.80. The van der Waals surface area contributed by atoms with E-state index in [-0.39, 0.29) is 32.4 Å². The molecule has 2 bridgehead atoms. The number of carbonyl (C=O) groups is 3. The molecule has 5 aliphatic heterocycles. The summed E-state index contributed by atoms with van der Waals surface area (Å²) in [4.78, 5) is 41.2. The number of aliphatic hydroxyl groups excluding tert-OH is 1. The topological polar surface area (TPSA) is 206 Å². The Morgan fingerprint density at radius 1 is 1.02 bits per heavy atom. The fraction of sp³-hybridized carbons (Fsp3) is 0.794. The molecule has 4 saturated heterocycles. The monoisotopic (exact) mass is 694 g/mol. The van der Waals surface area contributed by atoms with E-state index in [0.717, 1.165) is 7.11 Å². The highest BCUT2D eigenvalue weighted by atomic mass is 16.7. The third kappa shape index (κ3) is 3.40. The minimum absolute atomic E-state index is 0. The van der Waals surface area contributed by atoms with Crippen molar-refractivity contribution in [3.63, 3.8) is 0 Å². The van der Waals surface area contributed by atoms with Crippen molar-refractivity contribution in [2.75, 3.05) is 27.4 Å². The van der Waals surface area contributed by atoms with Crippen LogP contribution in [0.2, 0.25) is 0 Å². The molecule has 7 fully saturated rings. The van der Waals surface area contributed by atoms with E-state index in [4.69, 9.17) is 37.9 Å². The van der Waals surface area contributed by atoms with Gasteiger partial charge in [-0.3, -0.25) is 4.79 Å². The number of ether oxygens (including phenoxy) is 8. The quantitative estimate of drug-likeness (QED) is 0.172. The maximum Gasteiger partial charge on any atom is 0.366 e. The van der Waals surface area contributed by atoms with E-state index in [1.54, 1.807) is 33.8 Å². The van der Waals surface area contributed by atoms with Gasteiger partial charge in [-0.1, -0.05) is 20.4 Å². The summed E-state index contributed by atoms with van der Waals surface area (Å²) in [6.07, 6.45) is -3.12. The van der Waals surface area contributed by atoms with Gasteiger partial charge in [0.15, 0.2) is 5.60 Å². The molecular weight excluding hydrogens is 648 g/mol. The van der Waals surface area contributed by atoms with Crippen LogP contribution in [0.15, 0.2) is 24.0 Å². The summed E-state index contributed by atoms with van der Waals surface area (Å²) in [5.41, 5.74) is -10.4. The normalized spacial score (nSPS) is 55.6. The molecule has 1 spiro atoms. The van der Waals surface area contributed by atoms with E-state index in [9.17, 15) is 34.8 Å². The van der Waals surface area contributed by atoms with Crippen LogP contribution < -0.4 is 0 Å². The van der Waals surface area contributed by atoms with Crippen LogP contribution in [0.4, 0.5) is 0 Å². The Kier molecular flexibility index (Phi) is 7.28. The van der Waals surface area contributed by atoms with E-state index in [1.807, 2.05) is 0 Å². The van der Waals surface area contributed by atoms with Crippen LogP contribution in [0.25, 0.3) is 0 Å². The second-order valence-electron chi connectivity index (χ2n) is 15.2. The highest BCUT2D eigenvalue weighted by molar-refractivity contribution is 5.88. The van der Waals surface area contributed by atoms with Crippen molar-refractivity contribution >= 4 is 17.9 Å². The number of allylic oxidation sites excluding steroid dienone is 1. The molecule has 8 rings (SSSR count). The molecule has 0 aromatic heterocycles. The minimum Gasteiger partial charge on any atom is -0.469 e. The first-order valence-corrected chi connectivity index (χ1v) is 16.3. The second-order valence-corrected chi connectivity index (χ2v) is 15.2. The van der Waals surface area contributed by atoms with Crippen LogP contribution in [0.3, 0.4) is 0 Å². The molecule has 15 nitrogen and oxygen atoms in total. The van der Waals surface area contributed by atoms with Crippen LogP contribution in [0.5, 0.6) is 0 Å². The molecule has 0 amide bonds. The van der Waals surface area contributed by atoms with Gasteiger partial charge < -0.3 is 58.3 Å². The Balaban J connectivity index is 0.00000378. The SMILES string of the molecule is C.C/C=C(\C)C(=O)O[C@H]1C[C@@H](O)[C@@]2(C(=O)OC)CO[C@H]3[C@H]4O[C@]5(C)C6CC(OC7OC=CC76O)[C@]5(O)[C@]4(C)[C@H]4[C@]1(CO[C@]4(O)C(=O)OC)[C@@H]32. The molecule has 5 heterocycles. The highest BCUT2D eigenvalue weighted by Gasteiger charge is 2.94. The predicted octanol–water partition coefficient (Wildman–Crippen LogP) is -0.138. The average Bonchev–Trinajstić information content (AvgIpc) is 3.82. The summed E-state index contributed by atoms with van der Waals surface area (Å²) in [6, 6.07) is 0. The van der Waals surface area contributed by atoms with Crippen molar-refractivity contribution in [3.05, 3.63) is 24.0 Å². The number of carbonyl (C=O) groups excluding carboxylic acids is 3. The van der Waals surface area contributed by atoms with Gasteiger partial charge in [0, 0.05) is 40.6 Å². The molecule has 0 aromatic carbocycles. The van der Waals surface area contributed by atoms with Crippen molar-refractivity contribution in [1.82, 2.24) is 0 Å². The molecule has 0 aromatic rings. The molecule has 15 heteroatoms. The van der Waals surface area contributed by atoms with Crippen LogP contribution in [-0.2, 0) is 52.3 Å². The number of esters is 3. The molecule has 4 unspecified atom stereocenters. The number of methoxy groups -OCH3 is 2. The minimum atomic E-state index is -2.79. The molecule has 16 atom stereocenters. The number of hydrogen-bond donors (Lipinski definition) is 4. The van der Waals surface area contributed by atoms with E-state index < -0.39 is 118 Å². The van der Waals surface area contributed by atoms with E-state index >= 15 is 0 Å². The maximum absolute atomic E-state index is 13.9. The van der Waals surface area contributed by atoms with Gasteiger partial charge in [-0.15, -0.1) is 0 Å². The Labute approximate surface area is 283 Å². The first kappa shape index (κ1) is 34.8. The Hall–Kier alpha value is -2.63. The van der Waals surface area contributed by atoms with Gasteiger partial charge >= 0.3 is 17.9 Å². The number of aliphatic hydroxyl groups is 4. The lowest BCUT2D eigenvalue weighted by molar-refractivity contribution is -0.314. The summed E-state index contributed by atoms with van der Waals surface area (Å²) >= 11 is 0. The largest absolute Gasteiger partial charge is 0.469 e. The van der Waals surface area contributed by atoms with Crippen molar-refractivity contribution < 1.29 is 72.7 Å². The van der Waals surface area contributed by atoms with E-state index in [2.05, 4.69) is 0 Å². The zero-order chi connectivity index (χ0) is 34.6. The van der Waals surface area contributed by atoms with Crippen LogP contribution in [0.1, 0.15) is 48.0 Å². The number of fused-ring (bicyclic) bond motifs is 11. The van der Waals surface area contributed by atoms with Gasteiger partial charge in [-0.05, 0) is 33.3 Å². The fourth-order valence-corrected chi connectivity index (χ4v) is 11.9. The number of hydrogen-bond acceptors (Lipinski definition) is 15. The summed E-state index contributed by atoms with van der Waals surface area (Å²) in [6.45, 7) is 5.69. The second kappa shape index (κ2) is 10.2. The summed E-state index contributed by atoms with van der Waals surface area (Å²) in [7, 11) is 2.25. The van der Waals surface area contributed by atoms with Gasteiger partial charge in [-0.2, -0.15) is 0 Å². The van der Waals surface area contributed by atoms with Gasteiger partial charge in [0.25, 0.3) is 5.79 Å². The van der Waals surface area contributed by atoms with Gasteiger partial charge in [0.1, 0.15) is 22.7 Å². The zero-order valence-corrected chi connectivity index (χ0v) is 27.5.